The number of amides is 2. The smallest absolute Gasteiger partial charge is 0.312 e. The molecule has 2 amide bonds. The molecule has 0 bridgehead atoms. The normalized spacial score (nSPS) is 21.5. The molecule has 1 unspecified atom stereocenters. The van der Waals surface area contributed by atoms with Crippen LogP contribution in [0.15, 0.2) is 24.4 Å². The highest BCUT2D eigenvalue weighted by Crippen LogP contribution is 2.21. The van der Waals surface area contributed by atoms with Crippen LogP contribution in [0.5, 0.6) is 0 Å². The second kappa shape index (κ2) is 7.55. The third-order valence-electron chi connectivity index (χ3n) is 4.87. The lowest BCUT2D eigenvalue weighted by Gasteiger charge is -2.26. The minimum atomic E-state index is -0.590. The molecule has 1 aliphatic carbocycles. The first-order chi connectivity index (χ1) is 11.7. The molecular weight excluding hydrogens is 306 g/mol. The van der Waals surface area contributed by atoms with Crippen LogP contribution in [0.4, 0.5) is 0 Å². The fourth-order valence-corrected chi connectivity index (χ4v) is 3.59. The van der Waals surface area contributed by atoms with Crippen molar-refractivity contribution in [3.63, 3.8) is 0 Å². The van der Waals surface area contributed by atoms with E-state index in [1.807, 2.05) is 0 Å². The Morgan fingerprint density at radius 1 is 1.04 bits per heavy atom. The largest absolute Gasteiger partial charge is 0.345 e. The van der Waals surface area contributed by atoms with E-state index in [9.17, 15) is 14.4 Å². The quantitative estimate of drug-likeness (QED) is 0.676. The summed E-state index contributed by atoms with van der Waals surface area (Å²) in [6.07, 6.45) is 8.08. The molecule has 0 spiro atoms. The van der Waals surface area contributed by atoms with Gasteiger partial charge in [0.25, 0.3) is 0 Å². The fraction of sp³-hybridized carbons (Fsp3) is 0.556. The molecule has 128 valence electrons. The van der Waals surface area contributed by atoms with E-state index in [2.05, 4.69) is 10.3 Å². The number of carbonyl (C=O) groups excluding carboxylic acids is 3. The van der Waals surface area contributed by atoms with E-state index in [0.29, 0.717) is 18.7 Å². The molecule has 0 aromatic carbocycles. The van der Waals surface area contributed by atoms with Gasteiger partial charge in [0.1, 0.15) is 5.69 Å². The van der Waals surface area contributed by atoms with Crippen molar-refractivity contribution < 1.29 is 14.4 Å². The van der Waals surface area contributed by atoms with E-state index in [-0.39, 0.29) is 11.8 Å². The number of hydrogen-bond donors (Lipinski definition) is 1. The Hall–Kier alpha value is -2.24. The molecule has 1 aromatic heterocycles. The van der Waals surface area contributed by atoms with E-state index in [0.717, 1.165) is 32.1 Å². The van der Waals surface area contributed by atoms with Crippen LogP contribution in [0.1, 0.15) is 55.4 Å². The zero-order chi connectivity index (χ0) is 16.9. The molecule has 6 heteroatoms. The van der Waals surface area contributed by atoms with Crippen molar-refractivity contribution in [3.05, 3.63) is 30.1 Å². The van der Waals surface area contributed by atoms with E-state index >= 15 is 0 Å². The molecule has 2 fully saturated rings. The molecule has 1 saturated heterocycles. The number of likely N-dealkylation sites (tertiary alicyclic amines) is 1. The van der Waals surface area contributed by atoms with Gasteiger partial charge in [-0.15, -0.1) is 0 Å². The lowest BCUT2D eigenvalue weighted by molar-refractivity contribution is -0.146. The number of Topliss-reactive ketones (excluding diaryl/α,β-unsaturated/α-hetero) is 1. The molecule has 1 saturated carbocycles. The van der Waals surface area contributed by atoms with Gasteiger partial charge in [0.05, 0.1) is 6.04 Å². The summed E-state index contributed by atoms with van der Waals surface area (Å²) in [5.41, 5.74) is 0.342. The number of carbonyl (C=O) groups is 3. The van der Waals surface area contributed by atoms with Crippen LogP contribution in [-0.2, 0) is 9.59 Å². The van der Waals surface area contributed by atoms with Gasteiger partial charge in [0.2, 0.25) is 5.78 Å². The lowest BCUT2D eigenvalue weighted by atomic mass is 9.95. The van der Waals surface area contributed by atoms with Gasteiger partial charge in [-0.1, -0.05) is 25.3 Å². The van der Waals surface area contributed by atoms with Crippen molar-refractivity contribution in [3.8, 4) is 0 Å². The molecule has 24 heavy (non-hydrogen) atoms. The van der Waals surface area contributed by atoms with Gasteiger partial charge >= 0.3 is 11.8 Å². The molecule has 0 radical (unpaired) electrons. The molecule has 1 atom stereocenters. The van der Waals surface area contributed by atoms with Crippen LogP contribution in [0.25, 0.3) is 0 Å². The third-order valence-corrected chi connectivity index (χ3v) is 4.87. The van der Waals surface area contributed by atoms with Gasteiger partial charge < -0.3 is 10.2 Å². The molecule has 2 heterocycles. The van der Waals surface area contributed by atoms with Crippen LogP contribution in [0, 0.1) is 0 Å². The van der Waals surface area contributed by atoms with E-state index in [1.54, 1.807) is 24.4 Å². The lowest BCUT2D eigenvalue weighted by Crippen LogP contribution is -2.50. The van der Waals surface area contributed by atoms with Crippen molar-refractivity contribution in [2.24, 2.45) is 0 Å². The Labute approximate surface area is 141 Å². The number of nitrogens with zero attached hydrogens (tertiary/aromatic N) is 2. The first kappa shape index (κ1) is 16.6. The van der Waals surface area contributed by atoms with Crippen molar-refractivity contribution in [2.45, 2.75) is 57.0 Å². The maximum atomic E-state index is 12.6. The molecule has 3 rings (SSSR count). The van der Waals surface area contributed by atoms with Crippen LogP contribution in [-0.4, -0.2) is 46.1 Å². The summed E-state index contributed by atoms with van der Waals surface area (Å²) >= 11 is 0. The van der Waals surface area contributed by atoms with Gasteiger partial charge in [-0.25, -0.2) is 0 Å². The van der Waals surface area contributed by atoms with Gasteiger partial charge in [0, 0.05) is 18.8 Å². The second-order valence-electron chi connectivity index (χ2n) is 6.54. The number of aromatic nitrogens is 1. The predicted octanol–water partition coefficient (Wildman–Crippen LogP) is 1.70. The SMILES string of the molecule is O=C(NC1CCCCC1)C(=O)N1CCCC1C(=O)c1ccccn1. The fourth-order valence-electron chi connectivity index (χ4n) is 3.59. The molecule has 1 aromatic rings. The standard InChI is InChI=1S/C18H23N3O3/c22-16(14-9-4-5-11-19-14)15-10-6-12-21(15)18(24)17(23)20-13-7-2-1-3-8-13/h4-5,9,11,13,15H,1-3,6-8,10,12H2,(H,20,23). The predicted molar refractivity (Wildman–Crippen MR) is 88.3 cm³/mol. The third kappa shape index (κ3) is 3.63. The number of ketones is 1. The number of hydrogen-bond acceptors (Lipinski definition) is 4. The second-order valence-corrected chi connectivity index (χ2v) is 6.54. The average molecular weight is 329 g/mol. The van der Waals surface area contributed by atoms with Crippen molar-refractivity contribution in [1.29, 1.82) is 0 Å². The van der Waals surface area contributed by atoms with E-state index < -0.39 is 17.9 Å². The Balaban J connectivity index is 1.64. The van der Waals surface area contributed by atoms with Crippen LogP contribution >= 0.6 is 0 Å². The van der Waals surface area contributed by atoms with Crippen LogP contribution in [0.3, 0.4) is 0 Å². The Kier molecular flexibility index (Phi) is 5.23. The summed E-state index contributed by atoms with van der Waals surface area (Å²) < 4.78 is 0. The van der Waals surface area contributed by atoms with Crippen molar-refractivity contribution in [1.82, 2.24) is 15.2 Å². The topological polar surface area (TPSA) is 79.4 Å². The van der Waals surface area contributed by atoms with Gasteiger partial charge in [-0.3, -0.25) is 19.4 Å². The Bertz CT molecular complexity index is 611. The summed E-state index contributed by atoms with van der Waals surface area (Å²) in [4.78, 5) is 42.8. The van der Waals surface area contributed by atoms with Crippen LogP contribution in [0.2, 0.25) is 0 Å². The van der Waals surface area contributed by atoms with Crippen LogP contribution < -0.4 is 5.32 Å². The summed E-state index contributed by atoms with van der Waals surface area (Å²) in [5, 5.41) is 2.84. The number of pyridine rings is 1. The summed E-state index contributed by atoms with van der Waals surface area (Å²) in [6, 6.07) is 4.64. The Morgan fingerprint density at radius 3 is 2.54 bits per heavy atom. The summed E-state index contributed by atoms with van der Waals surface area (Å²) in [7, 11) is 0. The van der Waals surface area contributed by atoms with Crippen molar-refractivity contribution in [2.75, 3.05) is 6.54 Å². The number of nitrogens with one attached hydrogen (secondary N) is 1. The van der Waals surface area contributed by atoms with Gasteiger partial charge in [0.15, 0.2) is 0 Å². The van der Waals surface area contributed by atoms with Crippen molar-refractivity contribution >= 4 is 17.6 Å². The molecule has 1 N–H and O–H groups in total. The maximum Gasteiger partial charge on any atom is 0.312 e. The Morgan fingerprint density at radius 2 is 1.83 bits per heavy atom. The zero-order valence-electron chi connectivity index (χ0n) is 13.7. The molecule has 2 aliphatic rings. The highest BCUT2D eigenvalue weighted by molar-refractivity contribution is 6.35. The molecule has 6 nitrogen and oxygen atoms in total. The minimum absolute atomic E-state index is 0.0859. The monoisotopic (exact) mass is 329 g/mol. The first-order valence-corrected chi connectivity index (χ1v) is 8.73. The zero-order valence-corrected chi connectivity index (χ0v) is 13.7. The molecule has 1 aliphatic heterocycles. The maximum absolute atomic E-state index is 12.6. The van der Waals surface area contributed by atoms with Gasteiger partial charge in [-0.2, -0.15) is 0 Å². The first-order valence-electron chi connectivity index (χ1n) is 8.73. The highest BCUT2D eigenvalue weighted by atomic mass is 16.2. The average Bonchev–Trinajstić information content (AvgIpc) is 3.11. The number of rotatable bonds is 3. The molecular formula is C18H23N3O3. The summed E-state index contributed by atoms with van der Waals surface area (Å²) in [5.74, 6) is -1.36. The van der Waals surface area contributed by atoms with Gasteiger partial charge in [-0.05, 0) is 37.8 Å². The minimum Gasteiger partial charge on any atom is -0.345 e. The van der Waals surface area contributed by atoms with E-state index in [4.69, 9.17) is 0 Å². The highest BCUT2D eigenvalue weighted by Gasteiger charge is 2.38. The summed E-state index contributed by atoms with van der Waals surface area (Å²) in [6.45, 7) is 0.445. The van der Waals surface area contributed by atoms with E-state index in [1.165, 1.54) is 11.3 Å².